The molecule has 3 N–H and O–H groups in total. The Balaban J connectivity index is 1.00. The summed E-state index contributed by atoms with van der Waals surface area (Å²) in [6.07, 6.45) is -0.0926. The molecule has 0 aromatic heterocycles. The van der Waals surface area contributed by atoms with E-state index in [0.29, 0.717) is 44.7 Å². The quantitative estimate of drug-likeness (QED) is 0.0755. The van der Waals surface area contributed by atoms with Crippen LogP contribution in [-0.4, -0.2) is 59.8 Å². The molecule has 3 aliphatic heterocycles. The van der Waals surface area contributed by atoms with Gasteiger partial charge in [0.15, 0.2) is 29.6 Å². The van der Waals surface area contributed by atoms with E-state index in [2.05, 4.69) is 27.4 Å². The minimum absolute atomic E-state index is 0.0486. The Morgan fingerprint density at radius 2 is 1.43 bits per heavy atom. The fourth-order valence-electron chi connectivity index (χ4n) is 8.52. The SMILES string of the molecule is C[C@@H]1[C@H](CN2CCC3(CC2)C(=O)NCN3c2ccccc2)O[C@H](c2cccc(-c3cccc(CNC(=O)c4c(F)c(F)c(F)c(F)c4F)c3)c2)O[C@@H]1c1ccc(CO)cc1. The van der Waals surface area contributed by atoms with Gasteiger partial charge in [0.25, 0.3) is 5.91 Å². The Morgan fingerprint density at radius 1 is 0.783 bits per heavy atom. The van der Waals surface area contributed by atoms with Gasteiger partial charge in [-0.1, -0.05) is 85.8 Å². The fraction of sp³-hybridized carbons (Fsp3) is 0.304. The largest absolute Gasteiger partial charge is 0.392 e. The summed E-state index contributed by atoms with van der Waals surface area (Å²) in [6, 6.07) is 32.2. The molecule has 3 aliphatic rings. The van der Waals surface area contributed by atoms with Gasteiger partial charge in [0.05, 0.1) is 25.5 Å². The van der Waals surface area contributed by atoms with Gasteiger partial charge in [-0.3, -0.25) is 9.59 Å². The number of carbonyl (C=O) groups excluding carboxylic acids is 2. The molecular formula is C46H43F5N4O5. The molecule has 0 radical (unpaired) electrons. The third-order valence-corrected chi connectivity index (χ3v) is 12.0. The number of para-hydroxylation sites is 1. The summed E-state index contributed by atoms with van der Waals surface area (Å²) in [5.74, 6) is -12.6. The molecule has 0 bridgehead atoms. The lowest BCUT2D eigenvalue weighted by molar-refractivity contribution is -0.276. The predicted octanol–water partition coefficient (Wildman–Crippen LogP) is 7.69. The van der Waals surface area contributed by atoms with Crippen molar-refractivity contribution in [3.63, 3.8) is 0 Å². The van der Waals surface area contributed by atoms with Crippen LogP contribution in [0, 0.1) is 35.0 Å². The summed E-state index contributed by atoms with van der Waals surface area (Å²) in [7, 11) is 0. The van der Waals surface area contributed by atoms with E-state index in [0.717, 1.165) is 33.5 Å². The summed E-state index contributed by atoms with van der Waals surface area (Å²) >= 11 is 0. The molecule has 3 saturated heterocycles. The molecule has 5 aromatic carbocycles. The first-order valence-electron chi connectivity index (χ1n) is 19.8. The molecule has 9 nitrogen and oxygen atoms in total. The highest BCUT2D eigenvalue weighted by atomic mass is 19.2. The van der Waals surface area contributed by atoms with Crippen molar-refractivity contribution in [2.75, 3.05) is 31.2 Å². The number of aliphatic hydroxyl groups excluding tert-OH is 1. The second-order valence-electron chi connectivity index (χ2n) is 15.5. The Kier molecular flexibility index (Phi) is 11.7. The average molecular weight is 827 g/mol. The minimum atomic E-state index is -2.34. The maximum atomic E-state index is 14.3. The van der Waals surface area contributed by atoms with Gasteiger partial charge in [0, 0.05) is 43.3 Å². The highest BCUT2D eigenvalue weighted by molar-refractivity contribution is 5.95. The van der Waals surface area contributed by atoms with Crippen molar-refractivity contribution in [3.05, 3.63) is 160 Å². The van der Waals surface area contributed by atoms with E-state index in [1.54, 1.807) is 18.2 Å². The lowest BCUT2D eigenvalue weighted by Crippen LogP contribution is -2.57. The zero-order valence-electron chi connectivity index (χ0n) is 32.6. The second kappa shape index (κ2) is 17.1. The van der Waals surface area contributed by atoms with Crippen molar-refractivity contribution in [2.24, 2.45) is 5.92 Å². The Hall–Kier alpha value is -5.67. The zero-order chi connectivity index (χ0) is 42.1. The first-order chi connectivity index (χ1) is 29.0. The number of benzene rings is 5. The van der Waals surface area contributed by atoms with Crippen LogP contribution in [-0.2, 0) is 27.4 Å². The molecule has 2 amide bonds. The summed E-state index contributed by atoms with van der Waals surface area (Å²) in [5, 5.41) is 15.0. The summed E-state index contributed by atoms with van der Waals surface area (Å²) in [4.78, 5) is 30.5. The molecule has 3 heterocycles. The number of nitrogens with zero attached hydrogens (tertiary/aromatic N) is 2. The van der Waals surface area contributed by atoms with Crippen LogP contribution in [0.5, 0.6) is 0 Å². The van der Waals surface area contributed by atoms with Gasteiger partial charge < -0.3 is 35.0 Å². The highest BCUT2D eigenvalue weighted by Crippen LogP contribution is 2.43. The molecule has 60 heavy (non-hydrogen) atoms. The topological polar surface area (TPSA) is 103 Å². The minimum Gasteiger partial charge on any atom is -0.392 e. The number of aliphatic hydroxyl groups is 1. The van der Waals surface area contributed by atoms with Crippen LogP contribution in [0.3, 0.4) is 0 Å². The zero-order valence-corrected chi connectivity index (χ0v) is 32.6. The number of amides is 2. The maximum Gasteiger partial charge on any atom is 0.257 e. The second-order valence-corrected chi connectivity index (χ2v) is 15.5. The number of carbonyl (C=O) groups is 2. The first kappa shape index (κ1) is 41.1. The number of likely N-dealkylation sites (tertiary alicyclic amines) is 1. The van der Waals surface area contributed by atoms with Gasteiger partial charge >= 0.3 is 0 Å². The normalized spacial score (nSPS) is 21.6. The number of rotatable bonds is 10. The van der Waals surface area contributed by atoms with Crippen molar-refractivity contribution >= 4 is 17.5 Å². The predicted molar refractivity (Wildman–Crippen MR) is 213 cm³/mol. The van der Waals surface area contributed by atoms with E-state index in [4.69, 9.17) is 9.47 Å². The average Bonchev–Trinajstić information content (AvgIpc) is 3.60. The molecule has 5 aromatic rings. The first-order valence-corrected chi connectivity index (χ1v) is 19.8. The number of hydrogen-bond donors (Lipinski definition) is 3. The third-order valence-electron chi connectivity index (χ3n) is 12.0. The molecule has 14 heteroatoms. The van der Waals surface area contributed by atoms with Crippen molar-refractivity contribution in [1.82, 2.24) is 15.5 Å². The van der Waals surface area contributed by atoms with Crippen LogP contribution in [0.2, 0.25) is 0 Å². The van der Waals surface area contributed by atoms with Gasteiger partial charge in [0.1, 0.15) is 11.1 Å². The van der Waals surface area contributed by atoms with E-state index in [9.17, 15) is 36.6 Å². The van der Waals surface area contributed by atoms with E-state index >= 15 is 0 Å². The van der Waals surface area contributed by atoms with Gasteiger partial charge in [-0.25, -0.2) is 22.0 Å². The molecule has 4 atom stereocenters. The maximum absolute atomic E-state index is 14.3. The van der Waals surface area contributed by atoms with Crippen LogP contribution in [0.25, 0.3) is 11.1 Å². The number of hydrogen-bond acceptors (Lipinski definition) is 7. The number of nitrogens with one attached hydrogen (secondary N) is 2. The molecule has 3 fully saturated rings. The van der Waals surface area contributed by atoms with Crippen molar-refractivity contribution in [2.45, 2.75) is 57.0 Å². The Bertz CT molecular complexity index is 2350. The van der Waals surface area contributed by atoms with E-state index < -0.39 is 52.4 Å². The summed E-state index contributed by atoms with van der Waals surface area (Å²) in [6.45, 7) is 4.21. The highest BCUT2D eigenvalue weighted by Gasteiger charge is 2.51. The summed E-state index contributed by atoms with van der Waals surface area (Å²) < 4.78 is 83.1. The van der Waals surface area contributed by atoms with Crippen LogP contribution in [0.15, 0.2) is 103 Å². The lowest BCUT2D eigenvalue weighted by atomic mass is 9.84. The van der Waals surface area contributed by atoms with Gasteiger partial charge in [-0.15, -0.1) is 0 Å². The van der Waals surface area contributed by atoms with Crippen LogP contribution in [0.1, 0.15) is 64.8 Å². The number of anilines is 1. The van der Waals surface area contributed by atoms with E-state index in [1.165, 1.54) is 0 Å². The van der Waals surface area contributed by atoms with Crippen LogP contribution >= 0.6 is 0 Å². The molecular weight excluding hydrogens is 784 g/mol. The molecule has 0 aliphatic carbocycles. The van der Waals surface area contributed by atoms with Crippen molar-refractivity contribution < 1.29 is 46.1 Å². The fourth-order valence-corrected chi connectivity index (χ4v) is 8.52. The third kappa shape index (κ3) is 7.87. The van der Waals surface area contributed by atoms with Gasteiger partial charge in [-0.05, 0) is 64.9 Å². The Morgan fingerprint density at radius 3 is 2.12 bits per heavy atom. The van der Waals surface area contributed by atoms with E-state index in [-0.39, 0.29) is 37.2 Å². The standard InChI is InChI=1S/C46H43F5N4O5/c1-27-35(24-54-19-17-46(18-20-54)45(58)53-26-55(46)34-11-3-2-4-12-34)59-44(60-42(27)30-15-13-28(25-56)14-16-30)33-10-6-9-32(22-33)31-8-5-7-29(21-31)23-52-43(57)36-37(47)39(49)41(51)40(50)38(36)48/h2-16,21-22,27,35,42,44,56H,17-20,23-26H2,1H3,(H,52,57)(H,53,58)/t27-,35+,42+,44+/m1/s1. The molecule has 0 saturated carbocycles. The van der Waals surface area contributed by atoms with E-state index in [1.807, 2.05) is 84.9 Å². The van der Waals surface area contributed by atoms with Gasteiger partial charge in [0.2, 0.25) is 11.7 Å². The van der Waals surface area contributed by atoms with Crippen LogP contribution in [0.4, 0.5) is 27.6 Å². The molecule has 8 rings (SSSR count). The van der Waals surface area contributed by atoms with Gasteiger partial charge in [-0.2, -0.15) is 0 Å². The smallest absolute Gasteiger partial charge is 0.257 e. The number of halogens is 5. The van der Waals surface area contributed by atoms with Crippen molar-refractivity contribution in [1.29, 1.82) is 0 Å². The molecule has 312 valence electrons. The monoisotopic (exact) mass is 826 g/mol. The van der Waals surface area contributed by atoms with Crippen LogP contribution < -0.4 is 15.5 Å². The molecule has 1 spiro atoms. The number of piperidine rings is 1. The number of ether oxygens (including phenoxy) is 2. The Labute approximate surface area is 343 Å². The summed E-state index contributed by atoms with van der Waals surface area (Å²) in [5.41, 5.74) is 3.28. The van der Waals surface area contributed by atoms with Crippen molar-refractivity contribution in [3.8, 4) is 11.1 Å². The molecule has 0 unspecified atom stereocenters. The lowest BCUT2D eigenvalue weighted by Gasteiger charge is -2.46.